The van der Waals surface area contributed by atoms with Gasteiger partial charge >= 0.3 is 0 Å². The lowest BCUT2D eigenvalue weighted by Crippen LogP contribution is -2.14. The zero-order chi connectivity index (χ0) is 12.4. The van der Waals surface area contributed by atoms with Gasteiger partial charge in [-0.3, -0.25) is 4.98 Å². The molecule has 0 aliphatic rings. The Hall–Kier alpha value is -0.850. The zero-order valence-corrected chi connectivity index (χ0v) is 11.1. The lowest BCUT2D eigenvalue weighted by molar-refractivity contribution is 0.500. The standard InChI is InChI=1S/C11H9BrF2N2S/c12-10-7(1-2-8(13)11(10)14)9(15)3-6-4-16-5-17-6/h1-2,4-5,9H,3,15H2. The first-order valence-electron chi connectivity index (χ1n) is 4.86. The van der Waals surface area contributed by atoms with Crippen molar-refractivity contribution in [3.8, 4) is 0 Å². The maximum absolute atomic E-state index is 13.3. The topological polar surface area (TPSA) is 38.9 Å². The minimum absolute atomic E-state index is 0.0921. The molecule has 2 nitrogen and oxygen atoms in total. The van der Waals surface area contributed by atoms with Gasteiger partial charge in [-0.15, -0.1) is 11.3 Å². The van der Waals surface area contributed by atoms with Gasteiger partial charge in [-0.25, -0.2) is 8.78 Å². The highest BCUT2D eigenvalue weighted by molar-refractivity contribution is 9.10. The van der Waals surface area contributed by atoms with Crippen molar-refractivity contribution in [2.75, 3.05) is 0 Å². The fourth-order valence-electron chi connectivity index (χ4n) is 1.50. The van der Waals surface area contributed by atoms with Crippen LogP contribution in [0.15, 0.2) is 28.3 Å². The van der Waals surface area contributed by atoms with E-state index in [1.165, 1.54) is 17.4 Å². The summed E-state index contributed by atoms with van der Waals surface area (Å²) >= 11 is 4.51. The van der Waals surface area contributed by atoms with Crippen LogP contribution in [0.5, 0.6) is 0 Å². The number of thiazole rings is 1. The second kappa shape index (κ2) is 5.20. The Labute approximate surface area is 110 Å². The van der Waals surface area contributed by atoms with Crippen LogP contribution in [0.1, 0.15) is 16.5 Å². The van der Waals surface area contributed by atoms with Gasteiger partial charge < -0.3 is 5.73 Å². The Morgan fingerprint density at radius 2 is 2.18 bits per heavy atom. The molecule has 2 rings (SSSR count). The van der Waals surface area contributed by atoms with Crippen molar-refractivity contribution in [2.24, 2.45) is 5.73 Å². The fraction of sp³-hybridized carbons (Fsp3) is 0.182. The van der Waals surface area contributed by atoms with E-state index >= 15 is 0 Å². The van der Waals surface area contributed by atoms with Crippen molar-refractivity contribution >= 4 is 27.3 Å². The molecule has 2 aromatic rings. The number of nitrogens with two attached hydrogens (primary N) is 1. The van der Waals surface area contributed by atoms with Gasteiger partial charge in [0.2, 0.25) is 0 Å². The van der Waals surface area contributed by atoms with Crippen molar-refractivity contribution in [3.05, 3.63) is 50.4 Å². The SMILES string of the molecule is NC(Cc1cncs1)c1ccc(F)c(F)c1Br. The van der Waals surface area contributed by atoms with Gasteiger partial charge in [0, 0.05) is 23.5 Å². The first-order valence-corrected chi connectivity index (χ1v) is 6.53. The van der Waals surface area contributed by atoms with Crippen LogP contribution in [0.3, 0.4) is 0 Å². The van der Waals surface area contributed by atoms with Crippen LogP contribution in [0, 0.1) is 11.6 Å². The van der Waals surface area contributed by atoms with Crippen LogP contribution in [0.4, 0.5) is 8.78 Å². The molecule has 1 aromatic heterocycles. The van der Waals surface area contributed by atoms with Crippen LogP contribution >= 0.6 is 27.3 Å². The molecule has 6 heteroatoms. The lowest BCUT2D eigenvalue weighted by atomic mass is 10.0. The molecule has 0 saturated carbocycles. The van der Waals surface area contributed by atoms with E-state index in [0.717, 1.165) is 10.9 Å². The van der Waals surface area contributed by atoms with Crippen LogP contribution in [-0.4, -0.2) is 4.98 Å². The Bertz CT molecular complexity index is 516. The molecule has 1 unspecified atom stereocenters. The van der Waals surface area contributed by atoms with Gasteiger partial charge in [0.05, 0.1) is 9.98 Å². The van der Waals surface area contributed by atoms with E-state index in [2.05, 4.69) is 20.9 Å². The van der Waals surface area contributed by atoms with Crippen LogP contribution in [-0.2, 0) is 6.42 Å². The first kappa shape index (κ1) is 12.6. The van der Waals surface area contributed by atoms with Crippen molar-refractivity contribution in [3.63, 3.8) is 0 Å². The number of nitrogens with zero attached hydrogens (tertiary/aromatic N) is 1. The van der Waals surface area contributed by atoms with Gasteiger partial charge in [0.25, 0.3) is 0 Å². The molecule has 1 heterocycles. The highest BCUT2D eigenvalue weighted by Crippen LogP contribution is 2.29. The Kier molecular flexibility index (Phi) is 3.86. The Morgan fingerprint density at radius 1 is 1.41 bits per heavy atom. The van der Waals surface area contributed by atoms with Crippen molar-refractivity contribution < 1.29 is 8.78 Å². The lowest BCUT2D eigenvalue weighted by Gasteiger charge is -2.13. The number of aromatic nitrogens is 1. The van der Waals surface area contributed by atoms with E-state index in [1.807, 2.05) is 0 Å². The van der Waals surface area contributed by atoms with Gasteiger partial charge in [-0.1, -0.05) is 6.07 Å². The maximum Gasteiger partial charge on any atom is 0.173 e. The van der Waals surface area contributed by atoms with E-state index in [9.17, 15) is 8.78 Å². The molecule has 17 heavy (non-hydrogen) atoms. The van der Waals surface area contributed by atoms with E-state index in [0.29, 0.717) is 12.0 Å². The summed E-state index contributed by atoms with van der Waals surface area (Å²) in [5.74, 6) is -1.78. The number of benzene rings is 1. The molecule has 0 radical (unpaired) electrons. The summed E-state index contributed by atoms with van der Waals surface area (Å²) in [4.78, 5) is 4.95. The van der Waals surface area contributed by atoms with Gasteiger partial charge in [0.15, 0.2) is 11.6 Å². The molecule has 0 aliphatic heterocycles. The summed E-state index contributed by atoms with van der Waals surface area (Å²) in [6.45, 7) is 0. The largest absolute Gasteiger partial charge is 0.324 e. The number of halogens is 3. The summed E-state index contributed by atoms with van der Waals surface area (Å²) in [5, 5.41) is 0. The summed E-state index contributed by atoms with van der Waals surface area (Å²) in [5.41, 5.74) is 8.23. The molecule has 1 atom stereocenters. The average molecular weight is 319 g/mol. The highest BCUT2D eigenvalue weighted by atomic mass is 79.9. The third-order valence-corrected chi connectivity index (χ3v) is 3.98. The number of hydrogen-bond acceptors (Lipinski definition) is 3. The van der Waals surface area contributed by atoms with Gasteiger partial charge in [-0.2, -0.15) is 0 Å². The number of hydrogen-bond donors (Lipinski definition) is 1. The zero-order valence-electron chi connectivity index (χ0n) is 8.66. The van der Waals surface area contributed by atoms with E-state index in [1.54, 1.807) is 11.7 Å². The summed E-state index contributed by atoms with van der Waals surface area (Å²) in [7, 11) is 0. The molecule has 0 saturated heterocycles. The van der Waals surface area contributed by atoms with E-state index < -0.39 is 11.6 Å². The molecular weight excluding hydrogens is 310 g/mol. The third-order valence-electron chi connectivity index (χ3n) is 2.37. The van der Waals surface area contributed by atoms with Gasteiger partial charge in [-0.05, 0) is 27.6 Å². The first-order chi connectivity index (χ1) is 8.09. The predicted molar refractivity (Wildman–Crippen MR) is 66.8 cm³/mol. The highest BCUT2D eigenvalue weighted by Gasteiger charge is 2.16. The summed E-state index contributed by atoms with van der Waals surface area (Å²) < 4.78 is 26.4. The minimum atomic E-state index is -0.901. The van der Waals surface area contributed by atoms with Crippen molar-refractivity contribution in [2.45, 2.75) is 12.5 Å². The molecule has 1 aromatic carbocycles. The molecule has 0 amide bonds. The third kappa shape index (κ3) is 2.70. The average Bonchev–Trinajstić information content (AvgIpc) is 2.78. The van der Waals surface area contributed by atoms with E-state index in [4.69, 9.17) is 5.73 Å². The van der Waals surface area contributed by atoms with Crippen LogP contribution in [0.2, 0.25) is 0 Å². The quantitative estimate of drug-likeness (QED) is 0.881. The predicted octanol–water partition coefficient (Wildman–Crippen LogP) is 3.43. The normalized spacial score (nSPS) is 12.7. The van der Waals surface area contributed by atoms with Crippen LogP contribution in [0.25, 0.3) is 0 Å². The molecule has 0 bridgehead atoms. The van der Waals surface area contributed by atoms with E-state index in [-0.39, 0.29) is 10.5 Å². The number of rotatable bonds is 3. The van der Waals surface area contributed by atoms with Gasteiger partial charge in [0.1, 0.15) is 0 Å². The Balaban J connectivity index is 2.25. The second-order valence-corrected chi connectivity index (χ2v) is 5.31. The monoisotopic (exact) mass is 318 g/mol. The molecule has 0 fully saturated rings. The molecular formula is C11H9BrF2N2S. The molecule has 2 N–H and O–H groups in total. The molecule has 0 spiro atoms. The van der Waals surface area contributed by atoms with Crippen molar-refractivity contribution in [1.82, 2.24) is 4.98 Å². The van der Waals surface area contributed by atoms with Crippen LogP contribution < -0.4 is 5.73 Å². The minimum Gasteiger partial charge on any atom is -0.324 e. The Morgan fingerprint density at radius 3 is 2.82 bits per heavy atom. The second-order valence-electron chi connectivity index (χ2n) is 3.54. The fourth-order valence-corrected chi connectivity index (χ4v) is 2.77. The maximum atomic E-state index is 13.3. The smallest absolute Gasteiger partial charge is 0.173 e. The van der Waals surface area contributed by atoms with Crippen molar-refractivity contribution in [1.29, 1.82) is 0 Å². The summed E-state index contributed by atoms with van der Waals surface area (Å²) in [6, 6.07) is 2.19. The molecule has 0 aliphatic carbocycles. The summed E-state index contributed by atoms with van der Waals surface area (Å²) in [6.07, 6.45) is 2.27. The molecule has 90 valence electrons.